The number of nitrogens with one attached hydrogen (secondary N) is 1. The summed E-state index contributed by atoms with van der Waals surface area (Å²) in [7, 11) is -4.12. The molecule has 6 nitrogen and oxygen atoms in total. The summed E-state index contributed by atoms with van der Waals surface area (Å²) < 4.78 is 57.3. The van der Waals surface area contributed by atoms with Crippen molar-refractivity contribution in [3.8, 4) is 10.6 Å². The highest BCUT2D eigenvalue weighted by Gasteiger charge is 2.63. The summed E-state index contributed by atoms with van der Waals surface area (Å²) in [6.45, 7) is 0. The van der Waals surface area contributed by atoms with E-state index < -0.39 is 33.9 Å². The average Bonchev–Trinajstić information content (AvgIpc) is 3.06. The molecule has 4 rings (SSSR count). The first kappa shape index (κ1) is 20.1. The molecule has 0 radical (unpaired) electrons. The van der Waals surface area contributed by atoms with Crippen LogP contribution in [0.25, 0.3) is 10.6 Å². The Bertz CT molecular complexity index is 1160. The molecular formula is C18H14F2N2O4S3. The average molecular weight is 457 g/mol. The van der Waals surface area contributed by atoms with Crippen molar-refractivity contribution in [1.82, 2.24) is 9.10 Å². The number of rotatable bonds is 7. The van der Waals surface area contributed by atoms with Crippen LogP contribution in [0.2, 0.25) is 0 Å². The number of thiophene rings is 1. The summed E-state index contributed by atoms with van der Waals surface area (Å²) in [5, 5.41) is 9.68. The smallest absolute Gasteiger partial charge is 0.325 e. The van der Waals surface area contributed by atoms with Crippen LogP contribution in [0.1, 0.15) is 29.2 Å². The van der Waals surface area contributed by atoms with E-state index in [4.69, 9.17) is 0 Å². The van der Waals surface area contributed by atoms with Crippen LogP contribution in [-0.2, 0) is 14.8 Å². The van der Waals surface area contributed by atoms with E-state index in [0.29, 0.717) is 16.4 Å². The zero-order valence-electron chi connectivity index (χ0n) is 14.6. The number of sulfonamides is 1. The molecule has 0 spiro atoms. The summed E-state index contributed by atoms with van der Waals surface area (Å²) in [6, 6.07) is 12.9. The third kappa shape index (κ3) is 3.70. The SMILES string of the molecule is O=C(O)[C@]1(NS(=O)(=O)c2ccc(-c3cc(C(F)F)sn3)s2)C[C@@H]1c1ccccc1. The zero-order valence-corrected chi connectivity index (χ0v) is 17.0. The first-order chi connectivity index (χ1) is 13.7. The van der Waals surface area contributed by atoms with Crippen molar-refractivity contribution in [3.05, 3.63) is 59.0 Å². The molecule has 1 saturated carbocycles. The summed E-state index contributed by atoms with van der Waals surface area (Å²) >= 11 is 1.51. The van der Waals surface area contributed by atoms with Crippen molar-refractivity contribution in [1.29, 1.82) is 0 Å². The van der Waals surface area contributed by atoms with Crippen molar-refractivity contribution in [2.24, 2.45) is 0 Å². The Morgan fingerprint density at radius 2 is 1.97 bits per heavy atom. The van der Waals surface area contributed by atoms with Gasteiger partial charge < -0.3 is 5.11 Å². The Hall–Kier alpha value is -2.21. The molecule has 2 atom stereocenters. The molecule has 0 bridgehead atoms. The van der Waals surface area contributed by atoms with E-state index in [9.17, 15) is 27.1 Å². The van der Waals surface area contributed by atoms with Crippen LogP contribution >= 0.6 is 22.9 Å². The van der Waals surface area contributed by atoms with Crippen LogP contribution < -0.4 is 4.72 Å². The number of benzene rings is 1. The topological polar surface area (TPSA) is 96.4 Å². The Labute approximate surface area is 173 Å². The van der Waals surface area contributed by atoms with Gasteiger partial charge in [-0.1, -0.05) is 30.3 Å². The molecule has 0 unspecified atom stereocenters. The molecule has 2 heterocycles. The molecule has 1 aromatic carbocycles. The van der Waals surface area contributed by atoms with E-state index in [0.717, 1.165) is 16.9 Å². The van der Waals surface area contributed by atoms with Gasteiger partial charge in [0, 0.05) is 5.92 Å². The third-order valence-corrected chi connectivity index (χ3v) is 8.61. The Balaban J connectivity index is 1.59. The lowest BCUT2D eigenvalue weighted by atomic mass is 10.1. The van der Waals surface area contributed by atoms with E-state index in [1.165, 1.54) is 18.2 Å². The molecule has 11 heteroatoms. The van der Waals surface area contributed by atoms with Gasteiger partial charge in [0.05, 0.1) is 15.4 Å². The van der Waals surface area contributed by atoms with Crippen molar-refractivity contribution in [2.75, 3.05) is 0 Å². The fraction of sp³-hybridized carbons (Fsp3) is 0.222. The largest absolute Gasteiger partial charge is 0.480 e. The van der Waals surface area contributed by atoms with E-state index >= 15 is 0 Å². The fourth-order valence-corrected chi connectivity index (χ4v) is 6.47. The highest BCUT2D eigenvalue weighted by Crippen LogP contribution is 2.52. The Morgan fingerprint density at radius 3 is 2.59 bits per heavy atom. The molecule has 0 aliphatic heterocycles. The van der Waals surface area contributed by atoms with Crippen LogP contribution in [0.3, 0.4) is 0 Å². The van der Waals surface area contributed by atoms with Crippen LogP contribution in [0, 0.1) is 0 Å². The molecular weight excluding hydrogens is 442 g/mol. The number of carboxylic acid groups (broad SMARTS) is 1. The normalized spacial score (nSPS) is 21.4. The first-order valence-electron chi connectivity index (χ1n) is 8.40. The van der Waals surface area contributed by atoms with Gasteiger partial charge in [0.15, 0.2) is 0 Å². The number of carbonyl (C=O) groups is 1. The van der Waals surface area contributed by atoms with E-state index in [-0.39, 0.29) is 21.2 Å². The highest BCUT2D eigenvalue weighted by atomic mass is 32.2. The number of aliphatic carboxylic acids is 1. The summed E-state index contributed by atoms with van der Waals surface area (Å²) in [5.74, 6) is -1.71. The van der Waals surface area contributed by atoms with Crippen LogP contribution in [0.4, 0.5) is 8.78 Å². The number of carboxylic acids is 1. The zero-order chi connectivity index (χ0) is 20.8. The first-order valence-corrected chi connectivity index (χ1v) is 11.5. The number of halogens is 2. The third-order valence-electron chi connectivity index (χ3n) is 4.70. The molecule has 2 N–H and O–H groups in total. The minimum atomic E-state index is -4.12. The van der Waals surface area contributed by atoms with E-state index in [2.05, 4.69) is 9.10 Å². The molecule has 3 aromatic rings. The standard InChI is InChI=1S/C18H14F2N2O4S3/c19-16(20)14-8-12(21-28-14)13-6-7-15(27-13)29(25,26)22-18(17(23)24)9-11(18)10-4-2-1-3-5-10/h1-8,11,16,22H,9H2,(H,23,24)/t11-,18+/m1/s1. The quantitative estimate of drug-likeness (QED) is 0.558. The monoisotopic (exact) mass is 456 g/mol. The van der Waals surface area contributed by atoms with Gasteiger partial charge >= 0.3 is 5.97 Å². The van der Waals surface area contributed by atoms with Gasteiger partial charge in [-0.05, 0) is 41.7 Å². The summed E-state index contributed by atoms with van der Waals surface area (Å²) in [6.07, 6.45) is -2.50. The predicted octanol–water partition coefficient (Wildman–Crippen LogP) is 4.10. The Morgan fingerprint density at radius 1 is 1.24 bits per heavy atom. The maximum Gasteiger partial charge on any atom is 0.325 e. The van der Waals surface area contributed by atoms with Gasteiger partial charge in [-0.3, -0.25) is 4.79 Å². The van der Waals surface area contributed by atoms with Crippen molar-refractivity contribution in [2.45, 2.75) is 28.5 Å². The minimum absolute atomic E-state index is 0.0987. The number of aromatic nitrogens is 1. The summed E-state index contributed by atoms with van der Waals surface area (Å²) in [5.41, 5.74) is -0.599. The maximum atomic E-state index is 12.8. The van der Waals surface area contributed by atoms with Crippen molar-refractivity contribution >= 4 is 38.9 Å². The second-order valence-electron chi connectivity index (χ2n) is 6.58. The van der Waals surface area contributed by atoms with Crippen molar-refractivity contribution in [3.63, 3.8) is 0 Å². The number of nitrogens with zero attached hydrogens (tertiary/aromatic N) is 1. The van der Waals surface area contributed by atoms with Crippen molar-refractivity contribution < 1.29 is 27.1 Å². The number of alkyl halides is 2. The molecule has 29 heavy (non-hydrogen) atoms. The molecule has 0 amide bonds. The van der Waals surface area contributed by atoms with Crippen LogP contribution in [0.5, 0.6) is 0 Å². The van der Waals surface area contributed by atoms with Gasteiger partial charge in [0.1, 0.15) is 9.75 Å². The van der Waals surface area contributed by atoms with Gasteiger partial charge in [-0.15, -0.1) is 11.3 Å². The number of hydrogen-bond acceptors (Lipinski definition) is 6. The molecule has 152 valence electrons. The van der Waals surface area contributed by atoms with Crippen LogP contribution in [0.15, 0.2) is 52.7 Å². The maximum absolute atomic E-state index is 12.8. The van der Waals surface area contributed by atoms with Gasteiger partial charge in [0.25, 0.3) is 16.4 Å². The molecule has 1 aliphatic rings. The lowest BCUT2D eigenvalue weighted by Crippen LogP contribution is -2.44. The lowest BCUT2D eigenvalue weighted by molar-refractivity contribution is -0.140. The van der Waals surface area contributed by atoms with Gasteiger partial charge in [0.2, 0.25) is 0 Å². The predicted molar refractivity (Wildman–Crippen MR) is 105 cm³/mol. The Kier molecular flexibility index (Phi) is 5.01. The second kappa shape index (κ2) is 7.24. The second-order valence-corrected chi connectivity index (χ2v) is 10.4. The molecule has 1 fully saturated rings. The fourth-order valence-electron chi connectivity index (χ4n) is 3.14. The molecule has 0 saturated heterocycles. The van der Waals surface area contributed by atoms with E-state index in [1.807, 2.05) is 0 Å². The molecule has 1 aliphatic carbocycles. The van der Waals surface area contributed by atoms with Gasteiger partial charge in [-0.2, -0.15) is 9.10 Å². The van der Waals surface area contributed by atoms with Crippen LogP contribution in [-0.4, -0.2) is 29.4 Å². The molecule has 2 aromatic heterocycles. The summed E-state index contributed by atoms with van der Waals surface area (Å²) in [4.78, 5) is 12.1. The van der Waals surface area contributed by atoms with E-state index in [1.54, 1.807) is 30.3 Å². The highest BCUT2D eigenvalue weighted by molar-refractivity contribution is 7.91. The minimum Gasteiger partial charge on any atom is -0.480 e. The van der Waals surface area contributed by atoms with Gasteiger partial charge in [-0.25, -0.2) is 17.2 Å². The lowest BCUT2D eigenvalue weighted by Gasteiger charge is -2.14. The number of hydrogen-bond donors (Lipinski definition) is 2.